The highest BCUT2D eigenvalue weighted by Gasteiger charge is 2.33. The minimum atomic E-state index is -0.803. The number of carbonyl (C=O) groups is 1. The lowest BCUT2D eigenvalue weighted by molar-refractivity contribution is -0.127. The maximum atomic E-state index is 14.0. The second-order valence-corrected chi connectivity index (χ2v) is 9.99. The number of carbonyl (C=O) groups excluding carboxylic acids is 1. The highest BCUT2D eigenvalue weighted by molar-refractivity contribution is 5.99. The first kappa shape index (κ1) is 25.4. The Labute approximate surface area is 228 Å². The van der Waals surface area contributed by atoms with Gasteiger partial charge >= 0.3 is 0 Å². The number of nitrogens with two attached hydrogens (primary N) is 1. The largest absolute Gasteiger partial charge is 0.451 e. The quantitative estimate of drug-likeness (QED) is 0.258. The lowest BCUT2D eigenvalue weighted by atomic mass is 10.1. The van der Waals surface area contributed by atoms with Crippen LogP contribution < -0.4 is 10.5 Å². The number of para-hydroxylation sites is 1. The van der Waals surface area contributed by atoms with E-state index in [0.717, 1.165) is 37.8 Å². The molecule has 2 aromatic heterocycles. The molecule has 1 aliphatic heterocycles. The Balaban J connectivity index is 1.29. The van der Waals surface area contributed by atoms with Crippen LogP contribution in [0.15, 0.2) is 60.4 Å². The molecule has 1 saturated heterocycles. The molecule has 2 N–H and O–H groups in total. The summed E-state index contributed by atoms with van der Waals surface area (Å²) in [7, 11) is 0. The smallest absolute Gasteiger partial charge is 0.264 e. The van der Waals surface area contributed by atoms with Crippen molar-refractivity contribution in [3.63, 3.8) is 0 Å². The number of likely N-dealkylation sites (tertiary alicyclic amines) is 1. The molecule has 11 heteroatoms. The number of fused-ring (bicyclic) bond motifs is 1. The van der Waals surface area contributed by atoms with Crippen molar-refractivity contribution in [2.75, 3.05) is 12.3 Å². The minimum absolute atomic E-state index is 0.165. The van der Waals surface area contributed by atoms with Crippen molar-refractivity contribution in [1.29, 1.82) is 5.26 Å². The summed E-state index contributed by atoms with van der Waals surface area (Å²) in [5.41, 5.74) is 8.16. The Morgan fingerprint density at radius 1 is 1.12 bits per heavy atom. The van der Waals surface area contributed by atoms with Gasteiger partial charge in [-0.05, 0) is 68.0 Å². The fourth-order valence-corrected chi connectivity index (χ4v) is 5.04. The second-order valence-electron chi connectivity index (χ2n) is 9.99. The van der Waals surface area contributed by atoms with E-state index in [9.17, 15) is 18.8 Å². The van der Waals surface area contributed by atoms with Crippen LogP contribution >= 0.6 is 0 Å². The van der Waals surface area contributed by atoms with E-state index in [4.69, 9.17) is 15.6 Å². The van der Waals surface area contributed by atoms with Gasteiger partial charge in [-0.2, -0.15) is 10.4 Å². The summed E-state index contributed by atoms with van der Waals surface area (Å²) in [6.45, 7) is 0.940. The van der Waals surface area contributed by atoms with E-state index < -0.39 is 17.4 Å². The zero-order chi connectivity index (χ0) is 27.8. The maximum Gasteiger partial charge on any atom is 0.264 e. The van der Waals surface area contributed by atoms with Crippen LogP contribution in [0.3, 0.4) is 0 Å². The summed E-state index contributed by atoms with van der Waals surface area (Å²) in [4.78, 5) is 23.5. The number of nitriles is 1. The molecule has 1 atom stereocenters. The molecule has 6 rings (SSSR count). The van der Waals surface area contributed by atoms with Crippen molar-refractivity contribution in [2.24, 2.45) is 5.92 Å². The van der Waals surface area contributed by atoms with Gasteiger partial charge in [-0.25, -0.2) is 23.4 Å². The number of hydrogen-bond donors (Lipinski definition) is 1. The maximum absolute atomic E-state index is 14.0. The third-order valence-corrected chi connectivity index (χ3v) is 7.22. The summed E-state index contributed by atoms with van der Waals surface area (Å²) in [5, 5.41) is 14.9. The minimum Gasteiger partial charge on any atom is -0.451 e. The van der Waals surface area contributed by atoms with Crippen LogP contribution in [0.25, 0.3) is 22.3 Å². The number of rotatable bonds is 7. The molecule has 202 valence electrons. The molecule has 9 nitrogen and oxygen atoms in total. The number of amides is 1. The first-order valence-electron chi connectivity index (χ1n) is 13.0. The number of allylic oxidation sites excluding steroid dienone is 1. The van der Waals surface area contributed by atoms with Gasteiger partial charge in [0.1, 0.15) is 35.2 Å². The lowest BCUT2D eigenvalue weighted by Crippen LogP contribution is -2.39. The van der Waals surface area contributed by atoms with E-state index in [-0.39, 0.29) is 29.1 Å². The second kappa shape index (κ2) is 10.4. The molecule has 40 heavy (non-hydrogen) atoms. The average Bonchev–Trinajstić information content (AvgIpc) is 3.53. The molecule has 2 aliphatic rings. The van der Waals surface area contributed by atoms with Crippen LogP contribution in [0.2, 0.25) is 0 Å². The van der Waals surface area contributed by atoms with E-state index in [0.29, 0.717) is 41.3 Å². The molecule has 2 aromatic carbocycles. The van der Waals surface area contributed by atoms with E-state index in [1.165, 1.54) is 12.4 Å². The molecule has 4 aromatic rings. The number of ether oxygens (including phenoxy) is 1. The van der Waals surface area contributed by atoms with Crippen molar-refractivity contribution in [1.82, 2.24) is 24.6 Å². The molecular formula is C29H25F2N7O2. The normalized spacial score (nSPS) is 17.3. The lowest BCUT2D eigenvalue weighted by Gasteiger charge is -2.24. The third-order valence-electron chi connectivity index (χ3n) is 7.22. The molecular weight excluding hydrogens is 516 g/mol. The molecule has 0 unspecified atom stereocenters. The number of anilines is 1. The Bertz CT molecular complexity index is 1650. The molecule has 0 bridgehead atoms. The number of aromatic nitrogens is 4. The number of nitrogens with zero attached hydrogens (tertiary/aromatic N) is 6. The topological polar surface area (TPSA) is 123 Å². The standard InChI is InChI=1S/C29H25F2N7O2/c30-22-4-1-5-23(31)26(22)40-21-10-8-18(9-11-21)25-24-27(33)34-16-35-28(24)38(36-25)15-20-3-2-12-37(20)29(39)19(14-32)13-17-6-7-17/h1,4-5,8-11,13,16-17,20H,2-3,6-7,12,15H2,(H2,33,34,35)/b19-13+/t20-/m1/s1. The highest BCUT2D eigenvalue weighted by atomic mass is 19.1. The van der Waals surface area contributed by atoms with E-state index in [1.54, 1.807) is 39.9 Å². The summed E-state index contributed by atoms with van der Waals surface area (Å²) in [5.74, 6) is -1.52. The van der Waals surface area contributed by atoms with Crippen LogP contribution in [0.1, 0.15) is 25.7 Å². The van der Waals surface area contributed by atoms with Gasteiger partial charge in [0.2, 0.25) is 0 Å². The van der Waals surface area contributed by atoms with Crippen LogP contribution in [0.4, 0.5) is 14.6 Å². The van der Waals surface area contributed by atoms with Gasteiger partial charge < -0.3 is 15.4 Å². The van der Waals surface area contributed by atoms with Crippen molar-refractivity contribution >= 4 is 22.8 Å². The number of hydrogen-bond acceptors (Lipinski definition) is 7. The average molecular weight is 542 g/mol. The van der Waals surface area contributed by atoms with Gasteiger partial charge in [0.15, 0.2) is 23.0 Å². The van der Waals surface area contributed by atoms with E-state index in [2.05, 4.69) is 16.0 Å². The Morgan fingerprint density at radius 3 is 2.58 bits per heavy atom. The monoisotopic (exact) mass is 541 g/mol. The van der Waals surface area contributed by atoms with Crippen molar-refractivity contribution < 1.29 is 18.3 Å². The van der Waals surface area contributed by atoms with Gasteiger partial charge in [0, 0.05) is 12.1 Å². The predicted molar refractivity (Wildman–Crippen MR) is 143 cm³/mol. The van der Waals surface area contributed by atoms with Crippen LogP contribution in [-0.2, 0) is 11.3 Å². The predicted octanol–water partition coefficient (Wildman–Crippen LogP) is 5.00. The number of halogens is 2. The molecule has 1 amide bonds. The summed E-state index contributed by atoms with van der Waals surface area (Å²) in [6, 6.07) is 12.0. The molecule has 1 aliphatic carbocycles. The number of benzene rings is 2. The van der Waals surface area contributed by atoms with Crippen molar-refractivity contribution in [2.45, 2.75) is 38.3 Å². The molecule has 2 fully saturated rings. The Hall–Kier alpha value is -4.85. The SMILES string of the molecule is N#C/C(=C\C1CC1)C(=O)N1CCC[C@@H]1Cn1nc(-c2ccc(Oc3c(F)cccc3F)cc2)c2c(N)ncnc21. The summed E-state index contributed by atoms with van der Waals surface area (Å²) < 4.78 is 35.2. The zero-order valence-corrected chi connectivity index (χ0v) is 21.4. The fourth-order valence-electron chi connectivity index (χ4n) is 5.04. The molecule has 3 heterocycles. The third kappa shape index (κ3) is 4.84. The first-order chi connectivity index (χ1) is 19.4. The van der Waals surface area contributed by atoms with E-state index >= 15 is 0 Å². The highest BCUT2D eigenvalue weighted by Crippen LogP contribution is 2.35. The van der Waals surface area contributed by atoms with Crippen molar-refractivity contribution in [3.05, 3.63) is 72.1 Å². The van der Waals surface area contributed by atoms with Gasteiger partial charge in [-0.1, -0.05) is 12.1 Å². The van der Waals surface area contributed by atoms with E-state index in [1.807, 2.05) is 0 Å². The van der Waals surface area contributed by atoms with Crippen LogP contribution in [0, 0.1) is 28.9 Å². The van der Waals surface area contributed by atoms with Crippen LogP contribution in [-0.4, -0.2) is 43.1 Å². The van der Waals surface area contributed by atoms with Crippen LogP contribution in [0.5, 0.6) is 11.5 Å². The van der Waals surface area contributed by atoms with Gasteiger partial charge in [-0.3, -0.25) is 4.79 Å². The Morgan fingerprint density at radius 2 is 1.88 bits per heavy atom. The summed E-state index contributed by atoms with van der Waals surface area (Å²) >= 11 is 0. The first-order valence-corrected chi connectivity index (χ1v) is 13.0. The summed E-state index contributed by atoms with van der Waals surface area (Å²) in [6.07, 6.45) is 6.77. The van der Waals surface area contributed by atoms with Gasteiger partial charge in [0.25, 0.3) is 5.91 Å². The number of nitrogen functional groups attached to an aromatic ring is 1. The fraction of sp³-hybridized carbons (Fsp3) is 0.276. The zero-order valence-electron chi connectivity index (χ0n) is 21.4. The van der Waals surface area contributed by atoms with Gasteiger partial charge in [0.05, 0.1) is 18.0 Å². The van der Waals surface area contributed by atoms with Crippen molar-refractivity contribution in [3.8, 4) is 28.8 Å². The Kier molecular flexibility index (Phi) is 6.59. The molecule has 1 saturated carbocycles. The molecule has 0 spiro atoms. The molecule has 0 radical (unpaired) electrons. The van der Waals surface area contributed by atoms with Gasteiger partial charge in [-0.15, -0.1) is 0 Å².